The van der Waals surface area contributed by atoms with Gasteiger partial charge >= 0.3 is 0 Å². The van der Waals surface area contributed by atoms with E-state index in [4.69, 9.17) is 5.11 Å². The van der Waals surface area contributed by atoms with E-state index in [1.807, 2.05) is 0 Å². The maximum absolute atomic E-state index is 12.0. The molecule has 1 saturated heterocycles. The number of aliphatic hydroxyl groups is 1. The first-order chi connectivity index (χ1) is 8.79. The van der Waals surface area contributed by atoms with Crippen molar-refractivity contribution in [2.45, 2.75) is 38.5 Å². The molecule has 1 heterocycles. The Morgan fingerprint density at radius 3 is 2.21 bits per heavy atom. The zero-order chi connectivity index (χ0) is 12.8. The summed E-state index contributed by atoms with van der Waals surface area (Å²) in [4.78, 5) is 12.0. The molecular weight excluding hydrogens is 264 g/mol. The lowest BCUT2D eigenvalue weighted by Crippen LogP contribution is -2.40. The third-order valence-electron chi connectivity index (χ3n) is 4.50. The molecular formula is C14H27ClN2O2. The average molecular weight is 291 g/mol. The van der Waals surface area contributed by atoms with Crippen molar-refractivity contribution < 1.29 is 9.90 Å². The van der Waals surface area contributed by atoms with Crippen molar-refractivity contribution in [3.63, 3.8) is 0 Å². The number of aliphatic hydroxyl groups excluding tert-OH is 1. The Morgan fingerprint density at radius 2 is 1.63 bits per heavy atom. The van der Waals surface area contributed by atoms with E-state index in [1.54, 1.807) is 0 Å². The van der Waals surface area contributed by atoms with Crippen LogP contribution in [0.1, 0.15) is 38.5 Å². The van der Waals surface area contributed by atoms with Gasteiger partial charge in [-0.1, -0.05) is 0 Å². The second-order valence-corrected chi connectivity index (χ2v) is 5.84. The number of carbonyl (C=O) groups excluding carboxylic acids is 1. The summed E-state index contributed by atoms with van der Waals surface area (Å²) in [6.07, 6.45) is 6.48. The van der Waals surface area contributed by atoms with Crippen LogP contribution in [-0.4, -0.2) is 37.3 Å². The molecule has 0 aromatic rings. The molecule has 3 N–H and O–H groups in total. The quantitative estimate of drug-likeness (QED) is 0.732. The molecule has 2 fully saturated rings. The van der Waals surface area contributed by atoms with Gasteiger partial charge in [-0.05, 0) is 63.5 Å². The lowest BCUT2D eigenvalue weighted by Gasteiger charge is -2.28. The standard InChI is InChI=1S/C14H26N2O2.ClH/c17-10-12-3-1-11(2-4-12)9-16-14(18)13-5-7-15-8-6-13;/h11-13,15,17H,1-10H2,(H,16,18);1H. The Labute approximate surface area is 122 Å². The monoisotopic (exact) mass is 290 g/mol. The molecule has 1 aliphatic heterocycles. The Balaban J connectivity index is 0.00000180. The maximum atomic E-state index is 12.0. The fourth-order valence-electron chi connectivity index (χ4n) is 3.09. The molecule has 5 heteroatoms. The smallest absolute Gasteiger partial charge is 0.223 e. The molecule has 1 saturated carbocycles. The molecule has 2 rings (SSSR count). The van der Waals surface area contributed by atoms with Gasteiger partial charge in [-0.2, -0.15) is 0 Å². The summed E-state index contributed by atoms with van der Waals surface area (Å²) in [5, 5.41) is 15.5. The fourth-order valence-corrected chi connectivity index (χ4v) is 3.09. The zero-order valence-electron chi connectivity index (χ0n) is 11.6. The topological polar surface area (TPSA) is 61.4 Å². The number of nitrogens with one attached hydrogen (secondary N) is 2. The molecule has 112 valence electrons. The summed E-state index contributed by atoms with van der Waals surface area (Å²) in [6.45, 7) is 3.11. The first-order valence-corrected chi connectivity index (χ1v) is 7.39. The van der Waals surface area contributed by atoms with Crippen molar-refractivity contribution in [1.82, 2.24) is 10.6 Å². The Kier molecular flexibility index (Phi) is 7.73. The van der Waals surface area contributed by atoms with E-state index in [9.17, 15) is 4.79 Å². The van der Waals surface area contributed by atoms with Crippen LogP contribution >= 0.6 is 12.4 Å². The van der Waals surface area contributed by atoms with Gasteiger partial charge < -0.3 is 15.7 Å². The summed E-state index contributed by atoms with van der Waals surface area (Å²) in [5.41, 5.74) is 0. The van der Waals surface area contributed by atoms with E-state index in [-0.39, 0.29) is 24.2 Å². The molecule has 1 amide bonds. The van der Waals surface area contributed by atoms with Crippen molar-refractivity contribution in [1.29, 1.82) is 0 Å². The van der Waals surface area contributed by atoms with E-state index < -0.39 is 0 Å². The molecule has 0 spiro atoms. The van der Waals surface area contributed by atoms with E-state index >= 15 is 0 Å². The second-order valence-electron chi connectivity index (χ2n) is 5.84. The van der Waals surface area contributed by atoms with E-state index in [2.05, 4.69) is 10.6 Å². The van der Waals surface area contributed by atoms with Crippen LogP contribution in [0.15, 0.2) is 0 Å². The van der Waals surface area contributed by atoms with Gasteiger partial charge in [0.15, 0.2) is 0 Å². The molecule has 4 nitrogen and oxygen atoms in total. The highest BCUT2D eigenvalue weighted by Crippen LogP contribution is 2.28. The predicted molar refractivity (Wildman–Crippen MR) is 78.4 cm³/mol. The van der Waals surface area contributed by atoms with Crippen molar-refractivity contribution >= 4 is 18.3 Å². The zero-order valence-corrected chi connectivity index (χ0v) is 12.4. The van der Waals surface area contributed by atoms with E-state index in [1.165, 1.54) is 0 Å². The van der Waals surface area contributed by atoms with Crippen LogP contribution in [0.4, 0.5) is 0 Å². The van der Waals surface area contributed by atoms with Gasteiger partial charge in [-0.25, -0.2) is 0 Å². The summed E-state index contributed by atoms with van der Waals surface area (Å²) in [6, 6.07) is 0. The number of rotatable bonds is 4. The van der Waals surface area contributed by atoms with Gasteiger partial charge in [-0.15, -0.1) is 12.4 Å². The van der Waals surface area contributed by atoms with Crippen LogP contribution in [0.5, 0.6) is 0 Å². The minimum absolute atomic E-state index is 0. The van der Waals surface area contributed by atoms with Gasteiger partial charge in [0.2, 0.25) is 5.91 Å². The number of carbonyl (C=O) groups is 1. The number of halogens is 1. The molecule has 0 aromatic carbocycles. The second kappa shape index (κ2) is 8.77. The van der Waals surface area contributed by atoms with Crippen LogP contribution in [0.2, 0.25) is 0 Å². The number of hydrogen-bond acceptors (Lipinski definition) is 3. The van der Waals surface area contributed by atoms with Gasteiger partial charge in [0.1, 0.15) is 0 Å². The van der Waals surface area contributed by atoms with Crippen LogP contribution < -0.4 is 10.6 Å². The number of amides is 1. The highest BCUT2D eigenvalue weighted by molar-refractivity contribution is 5.85. The lowest BCUT2D eigenvalue weighted by atomic mass is 9.82. The Morgan fingerprint density at radius 1 is 1.05 bits per heavy atom. The highest BCUT2D eigenvalue weighted by Gasteiger charge is 2.24. The molecule has 0 radical (unpaired) electrons. The van der Waals surface area contributed by atoms with Crippen molar-refractivity contribution in [3.05, 3.63) is 0 Å². The lowest BCUT2D eigenvalue weighted by molar-refractivity contribution is -0.126. The molecule has 2 aliphatic rings. The van der Waals surface area contributed by atoms with Gasteiger partial charge in [0.05, 0.1) is 0 Å². The summed E-state index contributed by atoms with van der Waals surface area (Å²) in [5.74, 6) is 1.60. The normalized spacial score (nSPS) is 28.5. The van der Waals surface area contributed by atoms with Crippen LogP contribution in [-0.2, 0) is 4.79 Å². The average Bonchev–Trinajstić information content (AvgIpc) is 2.46. The first-order valence-electron chi connectivity index (χ1n) is 7.39. The van der Waals surface area contributed by atoms with Crippen molar-refractivity contribution in [3.8, 4) is 0 Å². The van der Waals surface area contributed by atoms with E-state index in [0.29, 0.717) is 18.4 Å². The Bertz CT molecular complexity index is 262. The predicted octanol–water partition coefficient (Wildman–Crippen LogP) is 1.32. The largest absolute Gasteiger partial charge is 0.396 e. The van der Waals surface area contributed by atoms with Crippen molar-refractivity contribution in [2.75, 3.05) is 26.2 Å². The first kappa shape index (κ1) is 16.7. The summed E-state index contributed by atoms with van der Waals surface area (Å²) < 4.78 is 0. The third kappa shape index (κ3) is 5.28. The third-order valence-corrected chi connectivity index (χ3v) is 4.50. The number of piperidine rings is 1. The maximum Gasteiger partial charge on any atom is 0.223 e. The summed E-state index contributed by atoms with van der Waals surface area (Å²) >= 11 is 0. The van der Waals surface area contributed by atoms with Gasteiger partial charge in [-0.3, -0.25) is 4.79 Å². The molecule has 19 heavy (non-hydrogen) atoms. The molecule has 0 unspecified atom stereocenters. The van der Waals surface area contributed by atoms with Gasteiger partial charge in [0.25, 0.3) is 0 Å². The van der Waals surface area contributed by atoms with Crippen LogP contribution in [0.3, 0.4) is 0 Å². The number of hydrogen-bond donors (Lipinski definition) is 3. The van der Waals surface area contributed by atoms with E-state index in [0.717, 1.165) is 58.2 Å². The summed E-state index contributed by atoms with van der Waals surface area (Å²) in [7, 11) is 0. The van der Waals surface area contributed by atoms with Gasteiger partial charge in [0, 0.05) is 19.1 Å². The highest BCUT2D eigenvalue weighted by atomic mass is 35.5. The van der Waals surface area contributed by atoms with Crippen molar-refractivity contribution in [2.24, 2.45) is 17.8 Å². The molecule has 0 aromatic heterocycles. The minimum atomic E-state index is 0. The fraction of sp³-hybridized carbons (Fsp3) is 0.929. The Hall–Kier alpha value is -0.320. The molecule has 0 atom stereocenters. The van der Waals surface area contributed by atoms with Crippen LogP contribution in [0.25, 0.3) is 0 Å². The minimum Gasteiger partial charge on any atom is -0.396 e. The SMILES string of the molecule is Cl.O=C(NCC1CCC(CO)CC1)C1CCNCC1. The van der Waals surface area contributed by atoms with Crippen LogP contribution in [0, 0.1) is 17.8 Å². The molecule has 1 aliphatic carbocycles. The molecule has 0 bridgehead atoms.